The third-order valence-electron chi connectivity index (χ3n) is 4.87. The number of benzene rings is 2. The molecule has 148 valence electrons. The van der Waals surface area contributed by atoms with Crippen LogP contribution in [0.1, 0.15) is 16.8 Å². The Morgan fingerprint density at radius 1 is 1.14 bits per heavy atom. The number of aliphatic hydroxyl groups excluding tert-OH is 1. The molecule has 1 saturated heterocycles. The Hall–Kier alpha value is -2.93. The fourth-order valence-electron chi connectivity index (χ4n) is 3.22. The van der Waals surface area contributed by atoms with Crippen molar-refractivity contribution >= 4 is 11.8 Å². The summed E-state index contributed by atoms with van der Waals surface area (Å²) >= 11 is 0. The molecule has 2 aromatic carbocycles. The van der Waals surface area contributed by atoms with Gasteiger partial charge in [-0.3, -0.25) is 9.59 Å². The number of rotatable bonds is 6. The van der Waals surface area contributed by atoms with Crippen LogP contribution in [0.4, 0.5) is 4.39 Å². The molecule has 2 N–H and O–H groups in total. The monoisotopic (exact) mass is 386 g/mol. The molecule has 6 nitrogen and oxygen atoms in total. The Labute approximate surface area is 162 Å². The van der Waals surface area contributed by atoms with Gasteiger partial charge >= 0.3 is 0 Å². The van der Waals surface area contributed by atoms with Gasteiger partial charge in [-0.1, -0.05) is 18.2 Å². The number of ether oxygens (including phenoxy) is 1. The average Bonchev–Trinajstić information content (AvgIpc) is 2.73. The van der Waals surface area contributed by atoms with Crippen LogP contribution in [-0.2, 0) is 4.79 Å². The number of likely N-dealkylation sites (tertiary alicyclic amines) is 1. The summed E-state index contributed by atoms with van der Waals surface area (Å²) in [5.41, 5.74) is 0.530. The second kappa shape index (κ2) is 9.32. The lowest BCUT2D eigenvalue weighted by Crippen LogP contribution is -2.55. The zero-order valence-corrected chi connectivity index (χ0v) is 15.4. The number of carbonyl (C=O) groups is 2. The molecule has 7 heteroatoms. The van der Waals surface area contributed by atoms with Gasteiger partial charge in [-0.05, 0) is 42.8 Å². The van der Waals surface area contributed by atoms with E-state index >= 15 is 0 Å². The first-order valence-corrected chi connectivity index (χ1v) is 9.19. The molecule has 0 saturated carbocycles. The minimum absolute atomic E-state index is 0.0617. The van der Waals surface area contributed by atoms with Crippen molar-refractivity contribution < 1.29 is 23.8 Å². The Kier molecular flexibility index (Phi) is 6.60. The molecule has 1 heterocycles. The van der Waals surface area contributed by atoms with E-state index in [1.165, 1.54) is 24.3 Å². The van der Waals surface area contributed by atoms with Gasteiger partial charge in [0.2, 0.25) is 0 Å². The highest BCUT2D eigenvalue weighted by Crippen LogP contribution is 2.19. The average molecular weight is 386 g/mol. The predicted octanol–water partition coefficient (Wildman–Crippen LogP) is 1.84. The molecular weight excluding hydrogens is 363 g/mol. The molecule has 2 amide bonds. The summed E-state index contributed by atoms with van der Waals surface area (Å²) in [6.45, 7) is 0.548. The molecule has 0 spiro atoms. The molecule has 0 aliphatic carbocycles. The smallest absolute Gasteiger partial charge is 0.260 e. The van der Waals surface area contributed by atoms with Gasteiger partial charge in [0.1, 0.15) is 11.6 Å². The second-order valence-electron chi connectivity index (χ2n) is 6.76. The van der Waals surface area contributed by atoms with Gasteiger partial charge in [0, 0.05) is 31.2 Å². The third-order valence-corrected chi connectivity index (χ3v) is 4.87. The van der Waals surface area contributed by atoms with E-state index in [4.69, 9.17) is 4.74 Å². The molecule has 0 radical (unpaired) electrons. The summed E-state index contributed by atoms with van der Waals surface area (Å²) in [6, 6.07) is 13.9. The maximum absolute atomic E-state index is 12.9. The van der Waals surface area contributed by atoms with Crippen molar-refractivity contribution in [1.29, 1.82) is 0 Å². The van der Waals surface area contributed by atoms with Gasteiger partial charge in [-0.15, -0.1) is 0 Å². The molecule has 1 aliphatic heterocycles. The minimum atomic E-state index is -0.373. The largest absolute Gasteiger partial charge is 0.484 e. The van der Waals surface area contributed by atoms with Crippen LogP contribution in [0.15, 0.2) is 54.6 Å². The summed E-state index contributed by atoms with van der Waals surface area (Å²) in [5, 5.41) is 12.6. The lowest BCUT2D eigenvalue weighted by Gasteiger charge is -2.38. The van der Waals surface area contributed by atoms with Gasteiger partial charge in [-0.25, -0.2) is 4.39 Å². The number of carbonyl (C=O) groups excluding carboxylic acids is 2. The second-order valence-corrected chi connectivity index (χ2v) is 6.76. The van der Waals surface area contributed by atoms with Crippen LogP contribution in [0.2, 0.25) is 0 Å². The zero-order valence-electron chi connectivity index (χ0n) is 15.4. The van der Waals surface area contributed by atoms with Crippen LogP contribution in [0, 0.1) is 11.7 Å². The SMILES string of the molecule is O=C(N[C@@H]1CN(C(=O)COc2ccc(F)cc2)CC[C@@H]1CO)c1ccccc1. The number of nitrogens with one attached hydrogen (secondary N) is 1. The fraction of sp³-hybridized carbons (Fsp3) is 0.333. The van der Waals surface area contributed by atoms with Crippen molar-refractivity contribution in [3.63, 3.8) is 0 Å². The molecule has 2 aromatic rings. The molecule has 3 rings (SSSR count). The normalized spacial score (nSPS) is 19.1. The highest BCUT2D eigenvalue weighted by molar-refractivity contribution is 5.94. The maximum Gasteiger partial charge on any atom is 0.260 e. The first kappa shape index (κ1) is 19.8. The van der Waals surface area contributed by atoms with E-state index in [0.717, 1.165) is 0 Å². The predicted molar refractivity (Wildman–Crippen MR) is 101 cm³/mol. The number of halogens is 1. The number of aliphatic hydroxyl groups is 1. The van der Waals surface area contributed by atoms with Crippen LogP contribution in [0.5, 0.6) is 5.75 Å². The fourth-order valence-corrected chi connectivity index (χ4v) is 3.22. The maximum atomic E-state index is 12.9. The van der Waals surface area contributed by atoms with Gasteiger partial charge in [0.15, 0.2) is 6.61 Å². The molecule has 1 fully saturated rings. The Bertz CT molecular complexity index is 798. The van der Waals surface area contributed by atoms with Gasteiger partial charge in [0.05, 0.1) is 6.04 Å². The Morgan fingerprint density at radius 3 is 2.54 bits per heavy atom. The molecule has 1 aliphatic rings. The lowest BCUT2D eigenvalue weighted by atomic mass is 9.92. The number of hydrogen-bond acceptors (Lipinski definition) is 4. The Balaban J connectivity index is 1.58. The minimum Gasteiger partial charge on any atom is -0.484 e. The molecule has 0 aromatic heterocycles. The highest BCUT2D eigenvalue weighted by Gasteiger charge is 2.32. The van der Waals surface area contributed by atoms with Crippen molar-refractivity contribution in [2.24, 2.45) is 5.92 Å². The van der Waals surface area contributed by atoms with E-state index in [2.05, 4.69) is 5.32 Å². The quantitative estimate of drug-likeness (QED) is 0.794. The Morgan fingerprint density at radius 2 is 1.86 bits per heavy atom. The van der Waals surface area contributed by atoms with Crippen molar-refractivity contribution in [2.45, 2.75) is 12.5 Å². The first-order chi connectivity index (χ1) is 13.6. The molecule has 0 unspecified atom stereocenters. The number of piperidine rings is 1. The highest BCUT2D eigenvalue weighted by atomic mass is 19.1. The molecule has 0 bridgehead atoms. The summed E-state index contributed by atoms with van der Waals surface area (Å²) in [4.78, 5) is 26.5. The van der Waals surface area contributed by atoms with E-state index in [1.54, 1.807) is 29.2 Å². The lowest BCUT2D eigenvalue weighted by molar-refractivity contribution is -0.135. The van der Waals surface area contributed by atoms with Gasteiger partial charge in [0.25, 0.3) is 11.8 Å². The number of hydrogen-bond donors (Lipinski definition) is 2. The van der Waals surface area contributed by atoms with E-state index in [0.29, 0.717) is 30.8 Å². The third kappa shape index (κ3) is 5.07. The zero-order chi connectivity index (χ0) is 19.9. The summed E-state index contributed by atoms with van der Waals surface area (Å²) in [6.07, 6.45) is 0.582. The van der Waals surface area contributed by atoms with E-state index < -0.39 is 0 Å². The summed E-state index contributed by atoms with van der Waals surface area (Å²) < 4.78 is 18.4. The number of amides is 2. The molecule has 28 heavy (non-hydrogen) atoms. The van der Waals surface area contributed by atoms with Crippen molar-refractivity contribution in [3.8, 4) is 5.75 Å². The number of nitrogens with zero attached hydrogens (tertiary/aromatic N) is 1. The van der Waals surface area contributed by atoms with Crippen LogP contribution in [-0.4, -0.2) is 54.2 Å². The van der Waals surface area contributed by atoms with Crippen LogP contribution in [0.25, 0.3) is 0 Å². The van der Waals surface area contributed by atoms with Gasteiger partial charge < -0.3 is 20.1 Å². The van der Waals surface area contributed by atoms with Crippen molar-refractivity contribution in [2.75, 3.05) is 26.3 Å². The molecular formula is C21H23FN2O4. The van der Waals surface area contributed by atoms with Crippen LogP contribution in [0.3, 0.4) is 0 Å². The van der Waals surface area contributed by atoms with E-state index in [9.17, 15) is 19.1 Å². The van der Waals surface area contributed by atoms with Crippen molar-refractivity contribution in [3.05, 3.63) is 66.0 Å². The summed E-state index contributed by atoms with van der Waals surface area (Å²) in [7, 11) is 0. The first-order valence-electron chi connectivity index (χ1n) is 9.19. The van der Waals surface area contributed by atoms with Crippen LogP contribution < -0.4 is 10.1 Å². The van der Waals surface area contributed by atoms with Gasteiger partial charge in [-0.2, -0.15) is 0 Å². The standard InChI is InChI=1S/C21H23FN2O4/c22-17-6-8-18(9-7-17)28-14-20(26)24-11-10-16(13-25)19(12-24)23-21(27)15-4-2-1-3-5-15/h1-9,16,19,25H,10-14H2,(H,23,27)/t16-,19-/m1/s1. The van der Waals surface area contributed by atoms with E-state index in [1.807, 2.05) is 6.07 Å². The molecule has 2 atom stereocenters. The topological polar surface area (TPSA) is 78.9 Å². The van der Waals surface area contributed by atoms with Crippen LogP contribution >= 0.6 is 0 Å². The summed E-state index contributed by atoms with van der Waals surface area (Å²) in [5.74, 6) is -0.536. The van der Waals surface area contributed by atoms with E-state index in [-0.39, 0.29) is 42.8 Å². The van der Waals surface area contributed by atoms with Crippen molar-refractivity contribution in [1.82, 2.24) is 10.2 Å².